The minimum absolute atomic E-state index is 0.642. The number of para-hydroxylation sites is 1. The van der Waals surface area contributed by atoms with Gasteiger partial charge in [-0.15, -0.1) is 0 Å². The maximum Gasteiger partial charge on any atom is 0.0441 e. The Balaban J connectivity index is 1.65. The molecule has 21 heavy (non-hydrogen) atoms. The van der Waals surface area contributed by atoms with Crippen molar-refractivity contribution in [3.05, 3.63) is 29.3 Å². The molecule has 1 aromatic rings. The average Bonchev–Trinajstić information content (AvgIpc) is 2.55. The first-order valence-electron chi connectivity index (χ1n) is 8.57. The smallest absolute Gasteiger partial charge is 0.0441 e. The van der Waals surface area contributed by atoms with E-state index in [1.165, 1.54) is 75.1 Å². The summed E-state index contributed by atoms with van der Waals surface area (Å²) in [5, 5.41) is 0. The minimum atomic E-state index is 0.642. The topological polar surface area (TPSA) is 32.5 Å². The summed E-state index contributed by atoms with van der Waals surface area (Å²) in [7, 11) is 0. The molecule has 116 valence electrons. The van der Waals surface area contributed by atoms with Gasteiger partial charge in [0.05, 0.1) is 0 Å². The Kier molecular flexibility index (Phi) is 4.81. The molecular formula is C18H29N3. The van der Waals surface area contributed by atoms with Crippen LogP contribution in [-0.4, -0.2) is 37.1 Å². The molecule has 2 saturated heterocycles. The van der Waals surface area contributed by atoms with Crippen LogP contribution in [-0.2, 0) is 6.54 Å². The molecule has 3 heteroatoms. The summed E-state index contributed by atoms with van der Waals surface area (Å²) in [6.07, 6.45) is 6.83. The van der Waals surface area contributed by atoms with Crippen molar-refractivity contribution in [1.29, 1.82) is 0 Å². The zero-order valence-corrected chi connectivity index (χ0v) is 13.4. The molecule has 0 saturated carbocycles. The lowest BCUT2D eigenvalue weighted by atomic mass is 9.97. The summed E-state index contributed by atoms with van der Waals surface area (Å²) >= 11 is 0. The summed E-state index contributed by atoms with van der Waals surface area (Å²) in [5.74, 6) is 0. The fraction of sp³-hybridized carbons (Fsp3) is 0.667. The standard InChI is InChI=1S/C18H29N3/c1-15-6-5-7-16(14-19)18(15)21-12-8-17(9-13-21)20-10-3-2-4-11-20/h5-7,17H,2-4,8-14,19H2,1H3. The normalized spacial score (nSPS) is 21.7. The summed E-state index contributed by atoms with van der Waals surface area (Å²) < 4.78 is 0. The summed E-state index contributed by atoms with van der Waals surface area (Å²) in [6, 6.07) is 7.33. The van der Waals surface area contributed by atoms with Crippen molar-refractivity contribution in [3.63, 3.8) is 0 Å². The number of hydrogen-bond donors (Lipinski definition) is 1. The number of nitrogens with zero attached hydrogens (tertiary/aromatic N) is 2. The van der Waals surface area contributed by atoms with Crippen molar-refractivity contribution >= 4 is 5.69 Å². The zero-order chi connectivity index (χ0) is 14.7. The van der Waals surface area contributed by atoms with Crippen LogP contribution in [0, 0.1) is 6.92 Å². The van der Waals surface area contributed by atoms with E-state index in [1.807, 2.05) is 0 Å². The molecule has 0 unspecified atom stereocenters. The number of likely N-dealkylation sites (tertiary alicyclic amines) is 1. The molecule has 2 heterocycles. The van der Waals surface area contributed by atoms with Crippen molar-refractivity contribution in [3.8, 4) is 0 Å². The van der Waals surface area contributed by atoms with Crippen molar-refractivity contribution in [2.24, 2.45) is 5.73 Å². The molecule has 2 fully saturated rings. The average molecular weight is 287 g/mol. The number of benzene rings is 1. The largest absolute Gasteiger partial charge is 0.371 e. The summed E-state index contributed by atoms with van der Waals surface area (Å²) in [6.45, 7) is 7.86. The van der Waals surface area contributed by atoms with Gasteiger partial charge in [0, 0.05) is 31.4 Å². The SMILES string of the molecule is Cc1cccc(CN)c1N1CCC(N2CCCCC2)CC1. The molecule has 1 aromatic carbocycles. The molecule has 0 spiro atoms. The van der Waals surface area contributed by atoms with Gasteiger partial charge in [0.25, 0.3) is 0 Å². The van der Waals surface area contributed by atoms with E-state index in [9.17, 15) is 0 Å². The third-order valence-electron chi connectivity index (χ3n) is 5.23. The lowest BCUT2D eigenvalue weighted by molar-refractivity contribution is 0.141. The van der Waals surface area contributed by atoms with Gasteiger partial charge in [-0.25, -0.2) is 0 Å². The van der Waals surface area contributed by atoms with Gasteiger partial charge in [0.2, 0.25) is 0 Å². The van der Waals surface area contributed by atoms with E-state index in [1.54, 1.807) is 0 Å². The second-order valence-electron chi connectivity index (χ2n) is 6.60. The highest BCUT2D eigenvalue weighted by atomic mass is 15.2. The zero-order valence-electron chi connectivity index (χ0n) is 13.4. The molecule has 2 aliphatic heterocycles. The van der Waals surface area contributed by atoms with E-state index in [0.29, 0.717) is 6.54 Å². The fourth-order valence-electron chi connectivity index (χ4n) is 4.08. The predicted molar refractivity (Wildman–Crippen MR) is 89.7 cm³/mol. The third kappa shape index (κ3) is 3.24. The van der Waals surface area contributed by atoms with Crippen LogP contribution in [0.5, 0.6) is 0 Å². The van der Waals surface area contributed by atoms with E-state index in [2.05, 4.69) is 34.9 Å². The fourth-order valence-corrected chi connectivity index (χ4v) is 4.08. The van der Waals surface area contributed by atoms with Gasteiger partial charge in [0.1, 0.15) is 0 Å². The monoisotopic (exact) mass is 287 g/mol. The highest BCUT2D eigenvalue weighted by Gasteiger charge is 2.26. The second-order valence-corrected chi connectivity index (χ2v) is 6.60. The van der Waals surface area contributed by atoms with Crippen LogP contribution < -0.4 is 10.6 Å². The molecule has 0 aliphatic carbocycles. The van der Waals surface area contributed by atoms with Crippen molar-refractivity contribution in [2.75, 3.05) is 31.1 Å². The minimum Gasteiger partial charge on any atom is -0.371 e. The number of hydrogen-bond acceptors (Lipinski definition) is 3. The van der Waals surface area contributed by atoms with Gasteiger partial charge in [-0.05, 0) is 56.8 Å². The molecule has 3 nitrogen and oxygen atoms in total. The number of nitrogens with two attached hydrogens (primary N) is 1. The van der Waals surface area contributed by atoms with Crippen LogP contribution in [0.3, 0.4) is 0 Å². The lowest BCUT2D eigenvalue weighted by Gasteiger charge is -2.41. The molecule has 0 amide bonds. The highest BCUT2D eigenvalue weighted by molar-refractivity contribution is 5.59. The molecule has 3 rings (SSSR count). The van der Waals surface area contributed by atoms with Crippen LogP contribution in [0.25, 0.3) is 0 Å². The summed E-state index contributed by atoms with van der Waals surface area (Å²) in [5.41, 5.74) is 10.0. The van der Waals surface area contributed by atoms with Crippen molar-refractivity contribution in [1.82, 2.24) is 4.90 Å². The quantitative estimate of drug-likeness (QED) is 0.928. The van der Waals surface area contributed by atoms with Crippen LogP contribution in [0.4, 0.5) is 5.69 Å². The van der Waals surface area contributed by atoms with Gasteiger partial charge in [0.15, 0.2) is 0 Å². The van der Waals surface area contributed by atoms with Gasteiger partial charge in [-0.1, -0.05) is 24.6 Å². The van der Waals surface area contributed by atoms with Gasteiger partial charge < -0.3 is 15.5 Å². The Labute approximate surface area is 129 Å². The first-order chi connectivity index (χ1) is 10.3. The molecular weight excluding hydrogens is 258 g/mol. The first kappa shape index (κ1) is 14.9. The molecule has 0 atom stereocenters. The Morgan fingerprint density at radius 2 is 1.76 bits per heavy atom. The van der Waals surface area contributed by atoms with Crippen LogP contribution in [0.1, 0.15) is 43.2 Å². The number of piperidine rings is 2. The Hall–Kier alpha value is -1.06. The number of rotatable bonds is 3. The first-order valence-corrected chi connectivity index (χ1v) is 8.57. The second kappa shape index (κ2) is 6.80. The van der Waals surface area contributed by atoms with Gasteiger partial charge in [-0.3, -0.25) is 0 Å². The van der Waals surface area contributed by atoms with Crippen LogP contribution in [0.15, 0.2) is 18.2 Å². The van der Waals surface area contributed by atoms with E-state index in [4.69, 9.17) is 5.73 Å². The highest BCUT2D eigenvalue weighted by Crippen LogP contribution is 2.29. The van der Waals surface area contributed by atoms with Crippen molar-refractivity contribution in [2.45, 2.75) is 51.6 Å². The predicted octanol–water partition coefficient (Wildman–Crippen LogP) is 2.91. The molecule has 0 aromatic heterocycles. The van der Waals surface area contributed by atoms with Gasteiger partial charge >= 0.3 is 0 Å². The number of aryl methyl sites for hydroxylation is 1. The Bertz CT molecular complexity index is 458. The van der Waals surface area contributed by atoms with E-state index in [0.717, 1.165) is 6.04 Å². The third-order valence-corrected chi connectivity index (χ3v) is 5.23. The molecule has 2 N–H and O–H groups in total. The van der Waals surface area contributed by atoms with Crippen LogP contribution in [0.2, 0.25) is 0 Å². The van der Waals surface area contributed by atoms with E-state index in [-0.39, 0.29) is 0 Å². The number of anilines is 1. The van der Waals surface area contributed by atoms with Crippen LogP contribution >= 0.6 is 0 Å². The van der Waals surface area contributed by atoms with E-state index >= 15 is 0 Å². The molecule has 2 aliphatic rings. The maximum atomic E-state index is 5.94. The molecule has 0 radical (unpaired) electrons. The molecule has 0 bridgehead atoms. The van der Waals surface area contributed by atoms with E-state index < -0.39 is 0 Å². The Morgan fingerprint density at radius 1 is 1.05 bits per heavy atom. The van der Waals surface area contributed by atoms with Gasteiger partial charge in [-0.2, -0.15) is 0 Å². The Morgan fingerprint density at radius 3 is 2.43 bits per heavy atom. The lowest BCUT2D eigenvalue weighted by Crippen LogP contribution is -2.47. The maximum absolute atomic E-state index is 5.94. The van der Waals surface area contributed by atoms with Crippen molar-refractivity contribution < 1.29 is 0 Å². The summed E-state index contributed by atoms with van der Waals surface area (Å²) in [4.78, 5) is 5.31.